The number of hydrogen-bond acceptors (Lipinski definition) is 11. The second-order valence-electron chi connectivity index (χ2n) is 17.2. The molecule has 0 aliphatic heterocycles. The van der Waals surface area contributed by atoms with Crippen LogP contribution in [0.4, 0.5) is 17.1 Å². The van der Waals surface area contributed by atoms with Crippen LogP contribution < -0.4 is 4.90 Å². The quantitative estimate of drug-likeness (QED) is 0.0373. The van der Waals surface area contributed by atoms with Gasteiger partial charge >= 0.3 is 0 Å². The average molecular weight is 999 g/mol. The number of phenolic OH excluding ortho intramolecular Hbond substituents is 10. The van der Waals surface area contributed by atoms with Crippen LogP contribution in [0.25, 0.3) is 83.1 Å². The fourth-order valence-electron chi connectivity index (χ4n) is 9.71. The van der Waals surface area contributed by atoms with Crippen LogP contribution in [-0.4, -0.2) is 62.3 Å². The molecule has 0 bridgehead atoms. The van der Waals surface area contributed by atoms with Crippen molar-refractivity contribution in [2.24, 2.45) is 0 Å². The monoisotopic (exact) mass is 998 g/mol. The van der Waals surface area contributed by atoms with Gasteiger partial charge in [-0.2, -0.15) is 0 Å². The number of hydrogen-bond donors (Lipinski definition) is 10. The maximum absolute atomic E-state index is 11.5. The van der Waals surface area contributed by atoms with Gasteiger partial charge in [0, 0.05) is 33.3 Å². The predicted octanol–water partition coefficient (Wildman–Crippen LogP) is 14.1. The highest BCUT2D eigenvalue weighted by molar-refractivity contribution is 7.15. The third-order valence-corrected chi connectivity index (χ3v) is 13.1. The van der Waals surface area contributed by atoms with E-state index in [2.05, 4.69) is 80.9 Å². The zero-order chi connectivity index (χ0) is 51.9. The lowest BCUT2D eigenvalue weighted by atomic mass is 9.92. The van der Waals surface area contributed by atoms with Crippen LogP contribution in [0.1, 0.15) is 0 Å². The number of fused-ring (bicyclic) bond motifs is 3. The number of benzene rings is 10. The molecule has 12 nitrogen and oxygen atoms in total. The molecule has 1 heterocycles. The van der Waals surface area contributed by atoms with Crippen molar-refractivity contribution in [3.8, 4) is 119 Å². The Kier molecular flexibility index (Phi) is 12.6. The van der Waals surface area contributed by atoms with E-state index in [1.165, 1.54) is 18.2 Å². The highest BCUT2D eigenvalue weighted by Gasteiger charge is 2.30. The molecule has 11 aromatic rings. The molecule has 74 heavy (non-hydrogen) atoms. The van der Waals surface area contributed by atoms with E-state index in [-0.39, 0.29) is 16.8 Å². The van der Waals surface area contributed by atoms with Crippen molar-refractivity contribution < 1.29 is 51.1 Å². The Hall–Kier alpha value is -9.77. The zero-order valence-corrected chi connectivity index (χ0v) is 40.6. The first kappa shape index (κ1) is 47.9. The summed E-state index contributed by atoms with van der Waals surface area (Å²) in [6.07, 6.45) is 0. The number of aromatic hydroxyl groups is 10. The van der Waals surface area contributed by atoms with Gasteiger partial charge in [-0.25, -0.2) is 0 Å². The van der Waals surface area contributed by atoms with E-state index in [0.29, 0.717) is 11.0 Å². The van der Waals surface area contributed by atoms with Crippen LogP contribution in [0.2, 0.25) is 0 Å². The minimum atomic E-state index is -1.19. The lowest BCUT2D eigenvalue weighted by Gasteiger charge is -2.28. The van der Waals surface area contributed by atoms with Crippen LogP contribution in [-0.2, 0) is 0 Å². The van der Waals surface area contributed by atoms with Crippen LogP contribution in [0.3, 0.4) is 0 Å². The standard InChI is InChI=1S/C60H42N2O10.CH5P/c63-51-49(52(64)56(68)59(71)55(51)67)36-27-29-47(44(31-36)50-53(65)57(69)60(72)58(70)54(50)66)62-46-25-12-10-23-42(46)43-28-26-35(32-48(43)62)39-20-7-8-21-40(39)41-22-9-11-24-45(41)61(37-17-5-2-6-18-37)38-19-13-16-34(30-38)33-14-3-1-4-15-33;1-2/h1-32,63-72H;2H2,1H3. The van der Waals surface area contributed by atoms with E-state index in [1.54, 1.807) is 0 Å². The van der Waals surface area contributed by atoms with Gasteiger partial charge in [0.25, 0.3) is 0 Å². The fraction of sp³-hybridized carbons (Fsp3) is 0.0164. The smallest absolute Gasteiger partial charge is 0.208 e. The van der Waals surface area contributed by atoms with Crippen LogP contribution in [0.15, 0.2) is 194 Å². The fourth-order valence-corrected chi connectivity index (χ4v) is 9.71. The summed E-state index contributed by atoms with van der Waals surface area (Å²) in [6.45, 7) is 1.92. The van der Waals surface area contributed by atoms with E-state index < -0.39 is 68.6 Å². The molecule has 366 valence electrons. The third-order valence-electron chi connectivity index (χ3n) is 13.1. The van der Waals surface area contributed by atoms with Crippen molar-refractivity contribution in [3.63, 3.8) is 0 Å². The normalized spacial score (nSPS) is 11.1. The molecular formula is C61H47N2O10P. The highest BCUT2D eigenvalue weighted by Crippen LogP contribution is 2.59. The predicted molar refractivity (Wildman–Crippen MR) is 295 cm³/mol. The topological polar surface area (TPSA) is 210 Å². The van der Waals surface area contributed by atoms with Crippen molar-refractivity contribution >= 4 is 48.1 Å². The Labute approximate surface area is 426 Å². The largest absolute Gasteiger partial charge is 0.504 e. The van der Waals surface area contributed by atoms with Gasteiger partial charge in [0.2, 0.25) is 34.5 Å². The van der Waals surface area contributed by atoms with E-state index in [4.69, 9.17) is 0 Å². The van der Waals surface area contributed by atoms with Gasteiger partial charge in [-0.15, -0.1) is 9.24 Å². The molecule has 1 unspecified atom stereocenters. The van der Waals surface area contributed by atoms with E-state index in [0.717, 1.165) is 61.2 Å². The molecule has 1 atom stereocenters. The van der Waals surface area contributed by atoms with Crippen LogP contribution in [0, 0.1) is 0 Å². The second kappa shape index (κ2) is 19.4. The summed E-state index contributed by atoms with van der Waals surface area (Å²) in [4.78, 5) is 2.24. The molecule has 1 aromatic heterocycles. The van der Waals surface area contributed by atoms with Gasteiger partial charge in [-0.05, 0) is 88.0 Å². The molecule has 11 rings (SSSR count). The maximum atomic E-state index is 11.5. The Bertz CT molecular complexity index is 3900. The molecule has 0 spiro atoms. The maximum Gasteiger partial charge on any atom is 0.208 e. The number of para-hydroxylation sites is 3. The van der Waals surface area contributed by atoms with Crippen molar-refractivity contribution in [1.82, 2.24) is 4.57 Å². The first-order valence-electron chi connectivity index (χ1n) is 23.3. The van der Waals surface area contributed by atoms with Gasteiger partial charge in [-0.1, -0.05) is 146 Å². The van der Waals surface area contributed by atoms with Crippen molar-refractivity contribution in [2.75, 3.05) is 11.6 Å². The molecule has 0 aliphatic rings. The summed E-state index contributed by atoms with van der Waals surface area (Å²) in [6, 6.07) is 62.9. The Morgan fingerprint density at radius 3 is 1.46 bits per heavy atom. The van der Waals surface area contributed by atoms with Crippen molar-refractivity contribution in [1.29, 1.82) is 0 Å². The summed E-state index contributed by atoms with van der Waals surface area (Å²) >= 11 is 0. The highest BCUT2D eigenvalue weighted by atomic mass is 31.0. The number of phenols is 10. The molecule has 0 fully saturated rings. The molecule has 0 saturated heterocycles. The van der Waals surface area contributed by atoms with Gasteiger partial charge in [0.1, 0.15) is 0 Å². The lowest BCUT2D eigenvalue weighted by Crippen LogP contribution is -2.11. The lowest BCUT2D eigenvalue weighted by molar-refractivity contribution is 0.330. The summed E-state index contributed by atoms with van der Waals surface area (Å²) in [7, 11) is 2.42. The van der Waals surface area contributed by atoms with Gasteiger partial charge in [0.05, 0.1) is 33.5 Å². The molecule has 10 aromatic carbocycles. The Morgan fingerprint density at radius 2 is 0.797 bits per heavy atom. The van der Waals surface area contributed by atoms with Crippen molar-refractivity contribution in [3.05, 3.63) is 194 Å². The average Bonchev–Trinajstić information content (AvgIpc) is 3.79. The summed E-state index contributed by atoms with van der Waals surface area (Å²) in [5.74, 6) is -11.0. The molecular weight excluding hydrogens is 952 g/mol. The van der Waals surface area contributed by atoms with E-state index in [9.17, 15) is 51.1 Å². The minimum Gasteiger partial charge on any atom is -0.504 e. The van der Waals surface area contributed by atoms with Crippen molar-refractivity contribution in [2.45, 2.75) is 0 Å². The second-order valence-corrected chi connectivity index (χ2v) is 17.2. The third kappa shape index (κ3) is 7.96. The first-order valence-corrected chi connectivity index (χ1v) is 24.4. The number of aromatic nitrogens is 1. The number of anilines is 3. The van der Waals surface area contributed by atoms with Gasteiger partial charge in [-0.3, -0.25) is 0 Å². The summed E-state index contributed by atoms with van der Waals surface area (Å²) < 4.78 is 1.84. The van der Waals surface area contributed by atoms with E-state index in [1.807, 2.05) is 120 Å². The first-order chi connectivity index (χ1) is 35.9. The number of rotatable bonds is 9. The summed E-state index contributed by atoms with van der Waals surface area (Å²) in [5.41, 5.74) is 8.68. The molecule has 10 N–H and O–H groups in total. The van der Waals surface area contributed by atoms with Crippen LogP contribution >= 0.6 is 9.24 Å². The molecule has 13 heteroatoms. The van der Waals surface area contributed by atoms with E-state index >= 15 is 0 Å². The minimum absolute atomic E-state index is 0.120. The van der Waals surface area contributed by atoms with Crippen LogP contribution in [0.5, 0.6) is 57.5 Å². The van der Waals surface area contributed by atoms with Gasteiger partial charge < -0.3 is 60.5 Å². The zero-order valence-electron chi connectivity index (χ0n) is 39.4. The molecule has 0 amide bonds. The molecule has 0 radical (unpaired) electrons. The molecule has 0 saturated carbocycles. The number of nitrogens with zero attached hydrogens (tertiary/aromatic N) is 2. The Morgan fingerprint density at radius 1 is 0.311 bits per heavy atom. The SMILES string of the molecule is CP.Oc1c(O)c(O)c(-c2ccc(-n3c4ccccc4c4ccc(-c5ccccc5-c5ccccc5N(c5ccccc5)c5cccc(-c6ccccc6)c5)cc43)c(-c3c(O)c(O)c(O)c(O)c3O)c2)c(O)c1O. The van der Waals surface area contributed by atoms with Gasteiger partial charge in [0.15, 0.2) is 23.0 Å². The summed E-state index contributed by atoms with van der Waals surface area (Å²) in [5, 5.41) is 110. The molecule has 0 aliphatic carbocycles. The Balaban J connectivity index is 0.00000309.